The number of rotatable bonds is 3. The van der Waals surface area contributed by atoms with Crippen molar-refractivity contribution in [3.8, 4) is 0 Å². The molecule has 1 aromatic heterocycles. The van der Waals surface area contributed by atoms with Gasteiger partial charge in [-0.2, -0.15) is 4.39 Å². The van der Waals surface area contributed by atoms with Crippen molar-refractivity contribution in [1.29, 1.82) is 0 Å². The highest BCUT2D eigenvalue weighted by molar-refractivity contribution is 9.10. The van der Waals surface area contributed by atoms with Crippen LogP contribution in [0.4, 0.5) is 4.39 Å². The predicted octanol–water partition coefficient (Wildman–Crippen LogP) is 1.58. The summed E-state index contributed by atoms with van der Waals surface area (Å²) in [6.45, 7) is 0. The Morgan fingerprint density at radius 3 is 3.07 bits per heavy atom. The van der Waals surface area contributed by atoms with Gasteiger partial charge in [-0.3, -0.25) is 4.79 Å². The van der Waals surface area contributed by atoms with Crippen molar-refractivity contribution in [3.63, 3.8) is 0 Å². The Kier molecular flexibility index (Phi) is 4.16. The Balaban J connectivity index is 2.85. The van der Waals surface area contributed by atoms with Gasteiger partial charge in [0, 0.05) is 16.2 Å². The van der Waals surface area contributed by atoms with E-state index < -0.39 is 18.0 Å². The molecule has 0 aromatic carbocycles. The number of methoxy groups -OCH3 is 1. The normalized spacial score (nSPS) is 12.3. The van der Waals surface area contributed by atoms with Gasteiger partial charge in [-0.05, 0) is 22.0 Å². The molecule has 0 unspecified atom stereocenters. The van der Waals surface area contributed by atoms with E-state index in [-0.39, 0.29) is 12.0 Å². The summed E-state index contributed by atoms with van der Waals surface area (Å²) in [6.07, 6.45) is -0.280. The number of halogens is 2. The zero-order valence-corrected chi connectivity index (χ0v) is 9.49. The fraction of sp³-hybridized carbons (Fsp3) is 0.333. The van der Waals surface area contributed by atoms with E-state index in [1.54, 1.807) is 0 Å². The van der Waals surface area contributed by atoms with E-state index in [0.29, 0.717) is 4.47 Å². The van der Waals surface area contributed by atoms with E-state index in [9.17, 15) is 14.3 Å². The number of hydrogen-bond donors (Lipinski definition) is 1. The summed E-state index contributed by atoms with van der Waals surface area (Å²) in [4.78, 5) is 14.3. The molecule has 15 heavy (non-hydrogen) atoms. The molecule has 0 spiro atoms. The Labute approximate surface area is 94.2 Å². The molecule has 0 saturated heterocycles. The van der Waals surface area contributed by atoms with Gasteiger partial charge in [0.25, 0.3) is 0 Å². The third-order valence-corrected chi connectivity index (χ3v) is 2.21. The molecular weight excluding hydrogens is 269 g/mol. The van der Waals surface area contributed by atoms with Gasteiger partial charge in [-0.15, -0.1) is 0 Å². The van der Waals surface area contributed by atoms with E-state index in [4.69, 9.17) is 0 Å². The van der Waals surface area contributed by atoms with Crippen LogP contribution in [0.2, 0.25) is 0 Å². The topological polar surface area (TPSA) is 59.4 Å². The van der Waals surface area contributed by atoms with Gasteiger partial charge >= 0.3 is 5.97 Å². The zero-order chi connectivity index (χ0) is 11.4. The predicted molar refractivity (Wildman–Crippen MR) is 53.5 cm³/mol. The summed E-state index contributed by atoms with van der Waals surface area (Å²) in [6, 6.07) is 1.37. The average Bonchev–Trinajstić information content (AvgIpc) is 2.21. The Bertz CT molecular complexity index is 372. The third kappa shape index (κ3) is 3.24. The first kappa shape index (κ1) is 12.1. The molecule has 0 saturated carbocycles. The van der Waals surface area contributed by atoms with Gasteiger partial charge in [-0.1, -0.05) is 0 Å². The van der Waals surface area contributed by atoms with Crippen LogP contribution in [0.1, 0.15) is 18.1 Å². The SMILES string of the molecule is COC(=O)C[C@@H](O)c1cc(Br)cnc1F. The Morgan fingerprint density at radius 2 is 2.47 bits per heavy atom. The number of hydrogen-bond acceptors (Lipinski definition) is 4. The summed E-state index contributed by atoms with van der Waals surface area (Å²) in [5.41, 5.74) is -0.0326. The maximum atomic E-state index is 13.1. The van der Waals surface area contributed by atoms with Gasteiger partial charge in [0.1, 0.15) is 0 Å². The maximum Gasteiger partial charge on any atom is 0.308 e. The van der Waals surface area contributed by atoms with E-state index in [2.05, 4.69) is 25.7 Å². The van der Waals surface area contributed by atoms with Gasteiger partial charge in [0.05, 0.1) is 19.6 Å². The van der Waals surface area contributed by atoms with Crippen molar-refractivity contribution in [2.75, 3.05) is 7.11 Å². The van der Waals surface area contributed by atoms with E-state index in [0.717, 1.165) is 0 Å². The highest BCUT2D eigenvalue weighted by atomic mass is 79.9. The third-order valence-electron chi connectivity index (χ3n) is 1.78. The molecule has 82 valence electrons. The van der Waals surface area contributed by atoms with Crippen LogP contribution in [-0.2, 0) is 9.53 Å². The summed E-state index contributed by atoms with van der Waals surface area (Å²) in [5.74, 6) is -1.41. The fourth-order valence-electron chi connectivity index (χ4n) is 1.02. The van der Waals surface area contributed by atoms with Crippen molar-refractivity contribution in [3.05, 3.63) is 28.2 Å². The second-order valence-corrected chi connectivity index (χ2v) is 3.75. The molecule has 1 atom stereocenters. The number of ether oxygens (including phenoxy) is 1. The summed E-state index contributed by atoms with van der Waals surface area (Å²) in [7, 11) is 1.20. The Hall–Kier alpha value is -1.01. The lowest BCUT2D eigenvalue weighted by molar-refractivity contribution is -0.142. The molecular formula is C9H9BrFNO3. The second-order valence-electron chi connectivity index (χ2n) is 2.83. The molecule has 0 aliphatic rings. The lowest BCUT2D eigenvalue weighted by Crippen LogP contribution is -2.10. The van der Waals surface area contributed by atoms with E-state index in [1.165, 1.54) is 19.4 Å². The second kappa shape index (κ2) is 5.18. The van der Waals surface area contributed by atoms with Gasteiger partial charge in [0.15, 0.2) is 0 Å². The monoisotopic (exact) mass is 277 g/mol. The van der Waals surface area contributed by atoms with Crippen molar-refractivity contribution in [1.82, 2.24) is 4.98 Å². The average molecular weight is 278 g/mol. The molecule has 0 amide bonds. The molecule has 4 nitrogen and oxygen atoms in total. The molecule has 0 bridgehead atoms. The van der Waals surface area contributed by atoms with Crippen molar-refractivity contribution in [2.45, 2.75) is 12.5 Å². The molecule has 1 heterocycles. The van der Waals surface area contributed by atoms with Crippen LogP contribution in [0.25, 0.3) is 0 Å². The van der Waals surface area contributed by atoms with Crippen molar-refractivity contribution < 1.29 is 19.0 Å². The van der Waals surface area contributed by atoms with Crippen LogP contribution in [-0.4, -0.2) is 23.2 Å². The molecule has 0 aliphatic heterocycles. The van der Waals surface area contributed by atoms with Crippen LogP contribution >= 0.6 is 15.9 Å². The van der Waals surface area contributed by atoms with Crippen LogP contribution in [0, 0.1) is 5.95 Å². The number of carbonyl (C=O) groups is 1. The largest absolute Gasteiger partial charge is 0.469 e. The van der Waals surface area contributed by atoms with Gasteiger partial charge < -0.3 is 9.84 Å². The minimum atomic E-state index is -1.25. The lowest BCUT2D eigenvalue weighted by atomic mass is 10.1. The van der Waals surface area contributed by atoms with Crippen LogP contribution in [0.15, 0.2) is 16.7 Å². The molecule has 0 aliphatic carbocycles. The van der Waals surface area contributed by atoms with E-state index in [1.807, 2.05) is 0 Å². The molecule has 0 radical (unpaired) electrons. The quantitative estimate of drug-likeness (QED) is 0.673. The minimum absolute atomic E-state index is 0.0326. The van der Waals surface area contributed by atoms with Crippen molar-refractivity contribution in [2.24, 2.45) is 0 Å². The molecule has 1 N–H and O–H groups in total. The molecule has 1 rings (SSSR count). The highest BCUT2D eigenvalue weighted by Gasteiger charge is 2.18. The molecule has 6 heteroatoms. The maximum absolute atomic E-state index is 13.1. The zero-order valence-electron chi connectivity index (χ0n) is 7.91. The molecule has 1 aromatic rings. The van der Waals surface area contributed by atoms with E-state index >= 15 is 0 Å². The smallest absolute Gasteiger partial charge is 0.308 e. The first-order valence-corrected chi connectivity index (χ1v) is 4.89. The summed E-state index contributed by atoms with van der Waals surface area (Å²) < 4.78 is 18.0. The summed E-state index contributed by atoms with van der Waals surface area (Å²) >= 11 is 3.09. The standard InChI is InChI=1S/C9H9BrFNO3/c1-15-8(14)3-7(13)6-2-5(10)4-12-9(6)11/h2,4,7,13H,3H2,1H3/t7-/m1/s1. The van der Waals surface area contributed by atoms with Gasteiger partial charge in [-0.25, -0.2) is 4.98 Å². The number of aromatic nitrogens is 1. The van der Waals surface area contributed by atoms with Crippen LogP contribution in [0.3, 0.4) is 0 Å². The van der Waals surface area contributed by atoms with Crippen molar-refractivity contribution >= 4 is 21.9 Å². The van der Waals surface area contributed by atoms with Crippen LogP contribution in [0.5, 0.6) is 0 Å². The highest BCUT2D eigenvalue weighted by Crippen LogP contribution is 2.22. The van der Waals surface area contributed by atoms with Crippen LogP contribution < -0.4 is 0 Å². The number of carbonyl (C=O) groups excluding carboxylic acids is 1. The Morgan fingerprint density at radius 1 is 1.80 bits per heavy atom. The fourth-order valence-corrected chi connectivity index (χ4v) is 1.37. The van der Waals surface area contributed by atoms with Gasteiger partial charge in [0.2, 0.25) is 5.95 Å². The minimum Gasteiger partial charge on any atom is -0.469 e. The number of aliphatic hydroxyl groups excluding tert-OH is 1. The number of esters is 1. The number of nitrogens with zero attached hydrogens (tertiary/aromatic N) is 1. The molecule has 0 fully saturated rings. The summed E-state index contributed by atoms with van der Waals surface area (Å²) in [5, 5.41) is 9.53. The number of pyridine rings is 1. The number of aliphatic hydroxyl groups is 1. The first-order chi connectivity index (χ1) is 7.04. The lowest BCUT2D eigenvalue weighted by Gasteiger charge is -2.09. The first-order valence-electron chi connectivity index (χ1n) is 4.10.